The summed E-state index contributed by atoms with van der Waals surface area (Å²) in [6.45, 7) is 0. The summed E-state index contributed by atoms with van der Waals surface area (Å²) in [6, 6.07) is 6.30. The van der Waals surface area contributed by atoms with E-state index in [1.54, 1.807) is 0 Å². The van der Waals surface area contributed by atoms with Crippen molar-refractivity contribution in [3.05, 3.63) is 38.8 Å². The van der Waals surface area contributed by atoms with Crippen LogP contribution in [0.5, 0.6) is 0 Å². The van der Waals surface area contributed by atoms with Crippen LogP contribution in [-0.4, -0.2) is 6.04 Å². The Morgan fingerprint density at radius 3 is 2.87 bits per heavy atom. The summed E-state index contributed by atoms with van der Waals surface area (Å²) in [5.74, 6) is 0. The van der Waals surface area contributed by atoms with E-state index in [-0.39, 0.29) is 0 Å². The minimum atomic E-state index is 0.338. The Morgan fingerprint density at radius 2 is 2.27 bits per heavy atom. The molecule has 0 bridgehead atoms. The van der Waals surface area contributed by atoms with Crippen molar-refractivity contribution in [2.24, 2.45) is 5.73 Å². The zero-order chi connectivity index (χ0) is 10.8. The number of hydrogen-bond donors (Lipinski definition) is 1. The van der Waals surface area contributed by atoms with Crippen molar-refractivity contribution in [3.8, 4) is 0 Å². The first-order valence-corrected chi connectivity index (χ1v) is 6.22. The molecule has 1 atom stereocenters. The van der Waals surface area contributed by atoms with Gasteiger partial charge < -0.3 is 5.73 Å². The summed E-state index contributed by atoms with van der Waals surface area (Å²) < 4.78 is 1.01. The van der Waals surface area contributed by atoms with E-state index in [1.807, 2.05) is 18.2 Å². The summed E-state index contributed by atoms with van der Waals surface area (Å²) in [7, 11) is 0. The fraction of sp³-hybridized carbons (Fsp3) is 0.333. The maximum atomic E-state index is 6.14. The Balaban J connectivity index is 2.24. The van der Waals surface area contributed by atoms with Gasteiger partial charge in [0.15, 0.2) is 0 Å². The molecule has 3 heteroatoms. The quantitative estimate of drug-likeness (QED) is 0.830. The van der Waals surface area contributed by atoms with Gasteiger partial charge in [-0.2, -0.15) is 0 Å². The Bertz CT molecular complexity index is 401. The van der Waals surface area contributed by atoms with E-state index in [9.17, 15) is 0 Å². The van der Waals surface area contributed by atoms with Gasteiger partial charge in [0, 0.05) is 15.5 Å². The molecule has 2 rings (SSSR count). The fourth-order valence-corrected chi connectivity index (χ4v) is 2.61. The minimum Gasteiger partial charge on any atom is -0.327 e. The molecule has 0 radical (unpaired) electrons. The van der Waals surface area contributed by atoms with Crippen molar-refractivity contribution >= 4 is 33.6 Å². The summed E-state index contributed by atoms with van der Waals surface area (Å²) >= 11 is 9.53. The molecule has 0 saturated heterocycles. The predicted octanol–water partition coefficient (Wildman–Crippen LogP) is 4.00. The number of rotatable bonds is 1. The summed E-state index contributed by atoms with van der Waals surface area (Å²) in [4.78, 5) is 0. The average Bonchev–Trinajstić information content (AvgIpc) is 2.56. The normalized spacial score (nSPS) is 23.7. The molecular formula is C12H13BrClN. The number of benzene rings is 1. The van der Waals surface area contributed by atoms with Crippen molar-refractivity contribution in [2.45, 2.75) is 25.3 Å². The maximum Gasteiger partial charge on any atom is 0.0489 e. The maximum absolute atomic E-state index is 6.14. The van der Waals surface area contributed by atoms with Crippen LogP contribution >= 0.6 is 27.5 Å². The summed E-state index contributed by atoms with van der Waals surface area (Å²) in [5.41, 5.74) is 8.36. The van der Waals surface area contributed by atoms with Gasteiger partial charge in [0.05, 0.1) is 0 Å². The molecule has 2 N–H and O–H groups in total. The summed E-state index contributed by atoms with van der Waals surface area (Å²) in [5, 5.41) is 0.789. The average molecular weight is 287 g/mol. The molecular weight excluding hydrogens is 273 g/mol. The molecule has 1 saturated carbocycles. The Morgan fingerprint density at radius 1 is 1.47 bits per heavy atom. The zero-order valence-electron chi connectivity index (χ0n) is 8.34. The first kappa shape index (κ1) is 11.2. The third kappa shape index (κ3) is 2.83. The van der Waals surface area contributed by atoms with Gasteiger partial charge in [0.2, 0.25) is 0 Å². The van der Waals surface area contributed by atoms with Gasteiger partial charge in [-0.05, 0) is 37.0 Å². The van der Waals surface area contributed by atoms with E-state index >= 15 is 0 Å². The van der Waals surface area contributed by atoms with E-state index < -0.39 is 0 Å². The predicted molar refractivity (Wildman–Crippen MR) is 69.0 cm³/mol. The topological polar surface area (TPSA) is 26.0 Å². The van der Waals surface area contributed by atoms with Gasteiger partial charge in [-0.25, -0.2) is 0 Å². The molecule has 1 unspecified atom stereocenters. The van der Waals surface area contributed by atoms with Crippen molar-refractivity contribution in [3.63, 3.8) is 0 Å². The lowest BCUT2D eigenvalue weighted by Crippen LogP contribution is -2.13. The monoisotopic (exact) mass is 285 g/mol. The second-order valence-corrected chi connectivity index (χ2v) is 5.29. The van der Waals surface area contributed by atoms with E-state index in [4.69, 9.17) is 17.3 Å². The second-order valence-electron chi connectivity index (χ2n) is 3.97. The van der Waals surface area contributed by atoms with Crippen LogP contribution in [0.15, 0.2) is 28.2 Å². The first-order chi connectivity index (χ1) is 7.15. The van der Waals surface area contributed by atoms with E-state index in [0.29, 0.717) is 6.04 Å². The molecule has 0 amide bonds. The Labute approximate surface area is 103 Å². The molecule has 1 nitrogen and oxygen atoms in total. The highest BCUT2D eigenvalue weighted by molar-refractivity contribution is 9.10. The molecule has 0 heterocycles. The smallest absolute Gasteiger partial charge is 0.0489 e. The molecule has 1 aliphatic rings. The van der Waals surface area contributed by atoms with Gasteiger partial charge in [0.25, 0.3) is 0 Å². The van der Waals surface area contributed by atoms with Crippen molar-refractivity contribution < 1.29 is 0 Å². The Kier molecular flexibility index (Phi) is 3.49. The van der Waals surface area contributed by atoms with Crippen molar-refractivity contribution in [2.75, 3.05) is 0 Å². The molecule has 0 aliphatic heterocycles. The SMILES string of the molecule is NC1CC/C(=C/c2ccc(Br)cc2Cl)C1. The van der Waals surface area contributed by atoms with Crippen molar-refractivity contribution in [1.29, 1.82) is 0 Å². The lowest BCUT2D eigenvalue weighted by Gasteiger charge is -2.01. The van der Waals surface area contributed by atoms with Crippen LogP contribution in [0.1, 0.15) is 24.8 Å². The van der Waals surface area contributed by atoms with Crippen LogP contribution in [0.3, 0.4) is 0 Å². The molecule has 80 valence electrons. The van der Waals surface area contributed by atoms with Crippen molar-refractivity contribution in [1.82, 2.24) is 0 Å². The molecule has 1 aliphatic carbocycles. The van der Waals surface area contributed by atoms with E-state index in [1.165, 1.54) is 5.57 Å². The van der Waals surface area contributed by atoms with Gasteiger partial charge in [-0.15, -0.1) is 0 Å². The number of nitrogens with two attached hydrogens (primary N) is 1. The van der Waals surface area contributed by atoms with Gasteiger partial charge in [0.1, 0.15) is 0 Å². The van der Waals surface area contributed by atoms with Gasteiger partial charge in [-0.3, -0.25) is 0 Å². The number of hydrogen-bond acceptors (Lipinski definition) is 1. The third-order valence-electron chi connectivity index (χ3n) is 2.68. The molecule has 1 aromatic rings. The van der Waals surface area contributed by atoms with Crippen LogP contribution in [0.25, 0.3) is 6.08 Å². The fourth-order valence-electron chi connectivity index (χ4n) is 1.88. The van der Waals surface area contributed by atoms with E-state index in [2.05, 4.69) is 22.0 Å². The Hall–Kier alpha value is -0.310. The highest BCUT2D eigenvalue weighted by Gasteiger charge is 2.15. The first-order valence-electron chi connectivity index (χ1n) is 5.05. The molecule has 1 fully saturated rings. The number of halogens is 2. The standard InChI is InChI=1S/C12H13BrClN/c13-10-3-2-9(12(14)7-10)5-8-1-4-11(15)6-8/h2-3,5,7,11H,1,4,6,15H2/b8-5-. The van der Waals surface area contributed by atoms with Gasteiger partial charge in [-0.1, -0.05) is 45.2 Å². The van der Waals surface area contributed by atoms with Crippen LogP contribution in [0.2, 0.25) is 5.02 Å². The molecule has 15 heavy (non-hydrogen) atoms. The zero-order valence-corrected chi connectivity index (χ0v) is 10.7. The summed E-state index contributed by atoms with van der Waals surface area (Å²) in [6.07, 6.45) is 5.38. The molecule has 0 aromatic heterocycles. The highest BCUT2D eigenvalue weighted by atomic mass is 79.9. The van der Waals surface area contributed by atoms with Gasteiger partial charge >= 0.3 is 0 Å². The highest BCUT2D eigenvalue weighted by Crippen LogP contribution is 2.29. The third-order valence-corrected chi connectivity index (χ3v) is 3.50. The van der Waals surface area contributed by atoms with E-state index in [0.717, 1.165) is 34.3 Å². The van der Waals surface area contributed by atoms with Crippen LogP contribution in [-0.2, 0) is 0 Å². The van der Waals surface area contributed by atoms with Crippen LogP contribution in [0, 0.1) is 0 Å². The molecule has 0 spiro atoms. The lowest BCUT2D eigenvalue weighted by atomic mass is 10.1. The minimum absolute atomic E-state index is 0.338. The molecule has 1 aromatic carbocycles. The second kappa shape index (κ2) is 4.69. The largest absolute Gasteiger partial charge is 0.327 e. The van der Waals surface area contributed by atoms with Crippen LogP contribution < -0.4 is 5.73 Å². The van der Waals surface area contributed by atoms with Crippen LogP contribution in [0.4, 0.5) is 0 Å². The lowest BCUT2D eigenvalue weighted by molar-refractivity contribution is 0.711.